The lowest BCUT2D eigenvalue weighted by Crippen LogP contribution is -2.13. The van der Waals surface area contributed by atoms with Gasteiger partial charge < -0.3 is 5.11 Å². The number of aliphatic carboxylic acids is 1. The van der Waals surface area contributed by atoms with Gasteiger partial charge in [0.25, 0.3) is 0 Å². The topological polar surface area (TPSA) is 37.3 Å². The molecule has 0 aliphatic rings. The lowest BCUT2D eigenvalue weighted by molar-refractivity contribution is -0.141. The van der Waals surface area contributed by atoms with Crippen molar-refractivity contribution in [3.8, 4) is 0 Å². The zero-order valence-electron chi connectivity index (χ0n) is 12.4. The van der Waals surface area contributed by atoms with Crippen molar-refractivity contribution in [3.63, 3.8) is 0 Å². The summed E-state index contributed by atoms with van der Waals surface area (Å²) < 4.78 is 0. The van der Waals surface area contributed by atoms with E-state index < -0.39 is 5.97 Å². The second kappa shape index (κ2) is 14.0. The molecule has 0 heterocycles. The molecule has 0 saturated heterocycles. The molecule has 0 amide bonds. The molecule has 0 aromatic heterocycles. The van der Waals surface area contributed by atoms with Crippen molar-refractivity contribution in [2.45, 2.75) is 84.0 Å². The van der Waals surface area contributed by atoms with Crippen LogP contribution in [0.4, 0.5) is 0 Å². The highest BCUT2D eigenvalue weighted by Gasteiger charge is 2.14. The highest BCUT2D eigenvalue weighted by atomic mass is 32.1. The molecule has 1 N–H and O–H groups in total. The summed E-state index contributed by atoms with van der Waals surface area (Å²) in [5.74, 6) is -0.955. The molecule has 0 aromatic carbocycles. The van der Waals surface area contributed by atoms with Gasteiger partial charge in [-0.2, -0.15) is 0 Å². The molecule has 0 rings (SSSR count). The van der Waals surface area contributed by atoms with Crippen molar-refractivity contribution < 1.29 is 9.90 Å². The molecule has 0 saturated carbocycles. The number of thiocarbonyl (C=S) groups is 1. The van der Waals surface area contributed by atoms with Gasteiger partial charge in [0.1, 0.15) is 0 Å². The molecule has 0 aliphatic carbocycles. The van der Waals surface area contributed by atoms with Crippen molar-refractivity contribution in [2.24, 2.45) is 5.92 Å². The Morgan fingerprint density at radius 3 is 1.89 bits per heavy atom. The van der Waals surface area contributed by atoms with E-state index in [4.69, 9.17) is 17.3 Å². The summed E-state index contributed by atoms with van der Waals surface area (Å²) in [5, 5.41) is 10.5. The third-order valence-electron chi connectivity index (χ3n) is 3.64. The Morgan fingerprint density at radius 1 is 1.00 bits per heavy atom. The van der Waals surface area contributed by atoms with Crippen LogP contribution in [0.5, 0.6) is 0 Å². The fourth-order valence-electron chi connectivity index (χ4n) is 2.34. The molecule has 0 aromatic rings. The zero-order chi connectivity index (χ0) is 14.3. The smallest absolute Gasteiger partial charge is 0.306 e. The first kappa shape index (κ1) is 18.6. The molecule has 0 radical (unpaired) electrons. The number of carboxylic acid groups (broad SMARTS) is 1. The third-order valence-corrected chi connectivity index (χ3v) is 3.83. The van der Waals surface area contributed by atoms with Gasteiger partial charge in [0, 0.05) is 0 Å². The van der Waals surface area contributed by atoms with E-state index >= 15 is 0 Å². The average molecular weight is 286 g/mol. The second-order valence-corrected chi connectivity index (χ2v) is 5.74. The summed E-state index contributed by atoms with van der Waals surface area (Å²) in [6, 6.07) is 0. The van der Waals surface area contributed by atoms with E-state index in [1.165, 1.54) is 51.4 Å². The summed E-state index contributed by atoms with van der Waals surface area (Å²) in [4.78, 5) is 10.9. The Morgan fingerprint density at radius 2 is 1.47 bits per heavy atom. The van der Waals surface area contributed by atoms with Crippen LogP contribution < -0.4 is 0 Å². The Bertz CT molecular complexity index is 229. The molecule has 2 nitrogen and oxygen atoms in total. The molecule has 0 aliphatic heterocycles. The molecular formula is C16H30O2S. The molecule has 19 heavy (non-hydrogen) atoms. The Hall–Kier alpha value is -0.440. The van der Waals surface area contributed by atoms with Crippen LogP contribution in [0.15, 0.2) is 0 Å². The van der Waals surface area contributed by atoms with Gasteiger partial charge in [0.05, 0.1) is 5.92 Å². The third kappa shape index (κ3) is 12.3. The number of rotatable bonds is 14. The maximum Gasteiger partial charge on any atom is 0.306 e. The average Bonchev–Trinajstić information content (AvgIpc) is 2.39. The van der Waals surface area contributed by atoms with Gasteiger partial charge in [-0.05, 0) is 18.2 Å². The number of hydrogen-bond acceptors (Lipinski definition) is 2. The van der Waals surface area contributed by atoms with Crippen molar-refractivity contribution in [1.29, 1.82) is 0 Å². The van der Waals surface area contributed by atoms with Crippen LogP contribution in [0.3, 0.4) is 0 Å². The van der Waals surface area contributed by atoms with Crippen LogP contribution in [-0.2, 0) is 4.79 Å². The predicted octanol–water partition coefficient (Wildman–Crippen LogP) is 5.39. The predicted molar refractivity (Wildman–Crippen MR) is 85.9 cm³/mol. The quantitative estimate of drug-likeness (QED) is 0.344. The first-order chi connectivity index (χ1) is 9.22. The summed E-state index contributed by atoms with van der Waals surface area (Å²) in [7, 11) is 0. The zero-order valence-corrected chi connectivity index (χ0v) is 13.2. The van der Waals surface area contributed by atoms with Gasteiger partial charge >= 0.3 is 5.97 Å². The van der Waals surface area contributed by atoms with Gasteiger partial charge in [-0.1, -0.05) is 83.3 Å². The van der Waals surface area contributed by atoms with Crippen molar-refractivity contribution in [3.05, 3.63) is 0 Å². The molecule has 112 valence electrons. The SMILES string of the molecule is CCCCCCCCCCCCC(CC=S)C(=O)O. The van der Waals surface area contributed by atoms with Crippen molar-refractivity contribution in [1.82, 2.24) is 0 Å². The van der Waals surface area contributed by atoms with E-state index in [9.17, 15) is 4.79 Å². The molecule has 1 atom stereocenters. The Balaban J connectivity index is 3.29. The van der Waals surface area contributed by atoms with Gasteiger partial charge in [-0.15, -0.1) is 0 Å². The van der Waals surface area contributed by atoms with Gasteiger partial charge in [0.15, 0.2) is 0 Å². The molecule has 0 fully saturated rings. The monoisotopic (exact) mass is 286 g/mol. The van der Waals surface area contributed by atoms with E-state index in [-0.39, 0.29) is 5.92 Å². The number of carbonyl (C=O) groups is 1. The molecule has 0 bridgehead atoms. The second-order valence-electron chi connectivity index (χ2n) is 5.41. The normalized spacial score (nSPS) is 12.3. The van der Waals surface area contributed by atoms with Crippen molar-refractivity contribution >= 4 is 23.6 Å². The van der Waals surface area contributed by atoms with E-state index in [1.807, 2.05) is 0 Å². The van der Waals surface area contributed by atoms with E-state index in [1.54, 1.807) is 5.37 Å². The van der Waals surface area contributed by atoms with Crippen molar-refractivity contribution in [2.75, 3.05) is 0 Å². The number of carboxylic acids is 1. The minimum atomic E-state index is -0.697. The van der Waals surface area contributed by atoms with Gasteiger partial charge in [0.2, 0.25) is 0 Å². The summed E-state index contributed by atoms with van der Waals surface area (Å²) in [6.07, 6.45) is 14.2. The van der Waals surface area contributed by atoms with Crippen LogP contribution in [0.25, 0.3) is 0 Å². The maximum atomic E-state index is 10.9. The van der Waals surface area contributed by atoms with E-state index in [0.717, 1.165) is 19.3 Å². The fourth-order valence-corrected chi connectivity index (χ4v) is 2.57. The minimum absolute atomic E-state index is 0.258. The van der Waals surface area contributed by atoms with E-state index in [2.05, 4.69) is 6.92 Å². The first-order valence-electron chi connectivity index (χ1n) is 7.88. The van der Waals surface area contributed by atoms with Gasteiger partial charge in [-0.25, -0.2) is 0 Å². The summed E-state index contributed by atoms with van der Waals surface area (Å²) in [5.41, 5.74) is 0. The maximum absolute atomic E-state index is 10.9. The number of hydrogen-bond donors (Lipinski definition) is 1. The van der Waals surface area contributed by atoms with Crippen LogP contribution >= 0.6 is 12.2 Å². The summed E-state index contributed by atoms with van der Waals surface area (Å²) in [6.45, 7) is 2.24. The highest BCUT2D eigenvalue weighted by molar-refractivity contribution is 7.78. The van der Waals surface area contributed by atoms with Crippen LogP contribution in [0, 0.1) is 5.92 Å². The minimum Gasteiger partial charge on any atom is -0.481 e. The lowest BCUT2D eigenvalue weighted by Gasteiger charge is -2.08. The molecular weight excluding hydrogens is 256 g/mol. The molecule has 3 heteroatoms. The largest absolute Gasteiger partial charge is 0.481 e. The molecule has 0 spiro atoms. The van der Waals surface area contributed by atoms with Gasteiger partial charge in [-0.3, -0.25) is 4.79 Å². The van der Waals surface area contributed by atoms with E-state index in [0.29, 0.717) is 6.42 Å². The van der Waals surface area contributed by atoms with Crippen LogP contribution in [-0.4, -0.2) is 16.4 Å². The number of unbranched alkanes of at least 4 members (excludes halogenated alkanes) is 9. The lowest BCUT2D eigenvalue weighted by atomic mass is 9.98. The standard InChI is InChI=1S/C16H30O2S/c1-2-3-4-5-6-7-8-9-10-11-12-15(13-14-19)16(17)18/h14-15H,2-13H2,1H3,(H,17,18). The van der Waals surface area contributed by atoms with Crippen LogP contribution in [0.1, 0.15) is 84.0 Å². The van der Waals surface area contributed by atoms with Crippen LogP contribution in [0.2, 0.25) is 0 Å². The first-order valence-corrected chi connectivity index (χ1v) is 8.36. The highest BCUT2D eigenvalue weighted by Crippen LogP contribution is 2.15. The fraction of sp³-hybridized carbons (Fsp3) is 0.875. The molecule has 1 unspecified atom stereocenters. The Kier molecular flexibility index (Phi) is 13.7. The Labute approximate surface area is 124 Å². The summed E-state index contributed by atoms with van der Waals surface area (Å²) >= 11 is 4.74.